The van der Waals surface area contributed by atoms with E-state index in [1.54, 1.807) is 23.4 Å². The molecule has 25 heavy (non-hydrogen) atoms. The lowest BCUT2D eigenvalue weighted by atomic mass is 10.1. The van der Waals surface area contributed by atoms with Crippen LogP contribution in [0.1, 0.15) is 41.6 Å². The Kier molecular flexibility index (Phi) is 5.23. The summed E-state index contributed by atoms with van der Waals surface area (Å²) in [5.41, 5.74) is 1.80. The summed E-state index contributed by atoms with van der Waals surface area (Å²) >= 11 is 0. The highest BCUT2D eigenvalue weighted by atomic mass is 16.1. The molecule has 0 aliphatic heterocycles. The van der Waals surface area contributed by atoms with Crippen LogP contribution in [0.5, 0.6) is 0 Å². The third kappa shape index (κ3) is 4.32. The fourth-order valence-electron chi connectivity index (χ4n) is 2.50. The zero-order chi connectivity index (χ0) is 17.6. The molecule has 0 saturated carbocycles. The van der Waals surface area contributed by atoms with Gasteiger partial charge in [0, 0.05) is 18.8 Å². The average molecular weight is 338 g/mol. The van der Waals surface area contributed by atoms with E-state index in [1.807, 2.05) is 36.6 Å². The van der Waals surface area contributed by atoms with E-state index < -0.39 is 0 Å². The molecule has 130 valence electrons. The minimum absolute atomic E-state index is 0.162. The van der Waals surface area contributed by atoms with Gasteiger partial charge in [-0.15, -0.1) is 10.2 Å². The molecule has 3 rings (SSSR count). The Morgan fingerprint density at radius 3 is 2.76 bits per heavy atom. The van der Waals surface area contributed by atoms with Crippen molar-refractivity contribution in [2.45, 2.75) is 39.4 Å². The number of carbonyl (C=O) groups excluding carboxylic acids is 1. The van der Waals surface area contributed by atoms with Crippen molar-refractivity contribution in [2.75, 3.05) is 0 Å². The molecule has 1 N–H and O–H groups in total. The molecular weight excluding hydrogens is 316 g/mol. The number of aromatic nitrogens is 5. The minimum atomic E-state index is -0.162. The summed E-state index contributed by atoms with van der Waals surface area (Å²) in [6.07, 6.45) is 5.91. The minimum Gasteiger partial charge on any atom is -0.345 e. The van der Waals surface area contributed by atoms with E-state index in [0.717, 1.165) is 18.8 Å². The molecule has 2 heterocycles. The molecular formula is C18H22N6O. The molecule has 2 aromatic heterocycles. The second-order valence-corrected chi connectivity index (χ2v) is 6.16. The van der Waals surface area contributed by atoms with Crippen molar-refractivity contribution in [1.29, 1.82) is 0 Å². The molecule has 7 heteroatoms. The first-order chi connectivity index (χ1) is 12.1. The predicted molar refractivity (Wildman–Crippen MR) is 94.0 cm³/mol. The highest BCUT2D eigenvalue weighted by Crippen LogP contribution is 2.06. The van der Waals surface area contributed by atoms with Gasteiger partial charge in [0.1, 0.15) is 6.33 Å². The largest absolute Gasteiger partial charge is 0.345 e. The molecule has 1 aromatic carbocycles. The molecule has 0 fully saturated rings. The summed E-state index contributed by atoms with van der Waals surface area (Å²) < 4.78 is 3.72. The fourth-order valence-corrected chi connectivity index (χ4v) is 2.50. The van der Waals surface area contributed by atoms with Gasteiger partial charge in [-0.2, -0.15) is 5.10 Å². The van der Waals surface area contributed by atoms with Crippen LogP contribution in [0.15, 0.2) is 49.1 Å². The SMILES string of the molecule is CC(C)n1cc(C(=O)NCc2nncn2CCc2ccccc2)cn1. The van der Waals surface area contributed by atoms with E-state index in [2.05, 4.69) is 32.7 Å². The lowest BCUT2D eigenvalue weighted by Gasteiger charge is -2.08. The number of aryl methyl sites for hydroxylation is 2. The lowest BCUT2D eigenvalue weighted by molar-refractivity contribution is 0.0949. The molecule has 0 spiro atoms. The molecule has 0 unspecified atom stereocenters. The van der Waals surface area contributed by atoms with E-state index in [4.69, 9.17) is 0 Å². The van der Waals surface area contributed by atoms with Gasteiger partial charge in [0.05, 0.1) is 18.3 Å². The molecule has 0 atom stereocenters. The van der Waals surface area contributed by atoms with Crippen molar-refractivity contribution in [3.63, 3.8) is 0 Å². The first kappa shape index (κ1) is 16.9. The maximum absolute atomic E-state index is 12.2. The Balaban J connectivity index is 1.56. The molecule has 0 bridgehead atoms. The van der Waals surface area contributed by atoms with E-state index in [0.29, 0.717) is 12.1 Å². The lowest BCUT2D eigenvalue weighted by Crippen LogP contribution is -2.24. The fraction of sp³-hybridized carbons (Fsp3) is 0.333. The van der Waals surface area contributed by atoms with Crippen LogP contribution >= 0.6 is 0 Å². The first-order valence-corrected chi connectivity index (χ1v) is 8.36. The maximum atomic E-state index is 12.2. The van der Waals surface area contributed by atoms with Crippen molar-refractivity contribution in [1.82, 2.24) is 29.9 Å². The van der Waals surface area contributed by atoms with Gasteiger partial charge in [-0.05, 0) is 25.8 Å². The number of hydrogen-bond donors (Lipinski definition) is 1. The van der Waals surface area contributed by atoms with Crippen LogP contribution in [0.25, 0.3) is 0 Å². The van der Waals surface area contributed by atoms with Crippen LogP contribution in [0, 0.1) is 0 Å². The van der Waals surface area contributed by atoms with Gasteiger partial charge in [0.2, 0.25) is 0 Å². The molecule has 3 aromatic rings. The van der Waals surface area contributed by atoms with Crippen LogP contribution < -0.4 is 5.32 Å². The Bertz CT molecular complexity index is 821. The quantitative estimate of drug-likeness (QED) is 0.716. The molecule has 1 amide bonds. The summed E-state index contributed by atoms with van der Waals surface area (Å²) in [6.45, 7) is 5.14. The van der Waals surface area contributed by atoms with Gasteiger partial charge in [-0.1, -0.05) is 30.3 Å². The molecule has 0 radical (unpaired) electrons. The van der Waals surface area contributed by atoms with E-state index in [1.165, 1.54) is 5.56 Å². The summed E-state index contributed by atoms with van der Waals surface area (Å²) in [7, 11) is 0. The first-order valence-electron chi connectivity index (χ1n) is 8.36. The monoisotopic (exact) mass is 338 g/mol. The van der Waals surface area contributed by atoms with Crippen molar-refractivity contribution < 1.29 is 4.79 Å². The van der Waals surface area contributed by atoms with Gasteiger partial charge in [0.15, 0.2) is 5.82 Å². The normalized spacial score (nSPS) is 11.0. The average Bonchev–Trinajstić information content (AvgIpc) is 3.28. The summed E-state index contributed by atoms with van der Waals surface area (Å²) in [5, 5.41) is 15.1. The summed E-state index contributed by atoms with van der Waals surface area (Å²) in [5.74, 6) is 0.574. The number of nitrogens with one attached hydrogen (secondary N) is 1. The Labute approximate surface area is 146 Å². The third-order valence-electron chi connectivity index (χ3n) is 3.98. The smallest absolute Gasteiger partial charge is 0.254 e. The topological polar surface area (TPSA) is 77.6 Å². The molecule has 0 aliphatic rings. The van der Waals surface area contributed by atoms with Crippen LogP contribution in [0.3, 0.4) is 0 Å². The predicted octanol–water partition coefficient (Wildman–Crippen LogP) is 2.23. The Hall–Kier alpha value is -2.96. The highest BCUT2D eigenvalue weighted by Gasteiger charge is 2.11. The maximum Gasteiger partial charge on any atom is 0.254 e. The van der Waals surface area contributed by atoms with Gasteiger partial charge < -0.3 is 9.88 Å². The number of hydrogen-bond acceptors (Lipinski definition) is 4. The molecule has 7 nitrogen and oxygen atoms in total. The Morgan fingerprint density at radius 2 is 2.04 bits per heavy atom. The molecule has 0 aliphatic carbocycles. The Morgan fingerprint density at radius 1 is 1.24 bits per heavy atom. The van der Waals surface area contributed by atoms with E-state index in [-0.39, 0.29) is 11.9 Å². The number of rotatable bonds is 7. The van der Waals surface area contributed by atoms with Gasteiger partial charge in [-0.25, -0.2) is 0 Å². The summed E-state index contributed by atoms with van der Waals surface area (Å²) in [4.78, 5) is 12.2. The summed E-state index contributed by atoms with van der Waals surface area (Å²) in [6, 6.07) is 10.5. The van der Waals surface area contributed by atoms with Crippen LogP contribution in [0.4, 0.5) is 0 Å². The molecule has 0 saturated heterocycles. The number of carbonyl (C=O) groups is 1. The van der Waals surface area contributed by atoms with Crippen molar-refractivity contribution in [2.24, 2.45) is 0 Å². The van der Waals surface area contributed by atoms with E-state index in [9.17, 15) is 4.79 Å². The zero-order valence-electron chi connectivity index (χ0n) is 14.5. The van der Waals surface area contributed by atoms with Crippen LogP contribution in [-0.2, 0) is 19.5 Å². The second-order valence-electron chi connectivity index (χ2n) is 6.16. The second kappa shape index (κ2) is 7.74. The number of nitrogens with zero attached hydrogens (tertiary/aromatic N) is 5. The van der Waals surface area contributed by atoms with Crippen molar-refractivity contribution in [3.8, 4) is 0 Å². The van der Waals surface area contributed by atoms with Gasteiger partial charge in [0.25, 0.3) is 5.91 Å². The van der Waals surface area contributed by atoms with Crippen molar-refractivity contribution in [3.05, 3.63) is 66.0 Å². The number of benzene rings is 1. The van der Waals surface area contributed by atoms with Crippen LogP contribution in [-0.4, -0.2) is 30.5 Å². The highest BCUT2D eigenvalue weighted by molar-refractivity contribution is 5.93. The van der Waals surface area contributed by atoms with Gasteiger partial charge in [-0.3, -0.25) is 9.48 Å². The zero-order valence-corrected chi connectivity index (χ0v) is 14.5. The van der Waals surface area contributed by atoms with Crippen molar-refractivity contribution >= 4 is 5.91 Å². The standard InChI is InChI=1S/C18H22N6O/c1-14(2)24-12-16(10-21-24)18(25)19-11-17-22-20-13-23(17)9-8-15-6-4-3-5-7-15/h3-7,10,12-14H,8-9,11H2,1-2H3,(H,19,25). The van der Waals surface area contributed by atoms with Gasteiger partial charge >= 0.3 is 0 Å². The number of amides is 1. The third-order valence-corrected chi connectivity index (χ3v) is 3.98. The van der Waals surface area contributed by atoms with E-state index >= 15 is 0 Å². The van der Waals surface area contributed by atoms with Crippen LogP contribution in [0.2, 0.25) is 0 Å².